The van der Waals surface area contributed by atoms with Crippen molar-refractivity contribution in [3.8, 4) is 11.3 Å². The highest BCUT2D eigenvalue weighted by atomic mass is 16.1. The molecule has 1 aromatic carbocycles. The molecule has 118 valence electrons. The van der Waals surface area contributed by atoms with Crippen molar-refractivity contribution in [1.82, 2.24) is 15.0 Å². The predicted octanol–water partition coefficient (Wildman–Crippen LogP) is 3.74. The molecule has 23 heavy (non-hydrogen) atoms. The van der Waals surface area contributed by atoms with Gasteiger partial charge >= 0.3 is 0 Å². The summed E-state index contributed by atoms with van der Waals surface area (Å²) in [5, 5.41) is 0. The molecule has 0 saturated heterocycles. The van der Waals surface area contributed by atoms with Gasteiger partial charge in [-0.05, 0) is 18.6 Å². The fourth-order valence-corrected chi connectivity index (χ4v) is 2.41. The van der Waals surface area contributed by atoms with Crippen LogP contribution in [0.15, 0.2) is 30.6 Å². The van der Waals surface area contributed by atoms with Crippen molar-refractivity contribution in [3.63, 3.8) is 0 Å². The molecule has 0 aliphatic rings. The lowest BCUT2D eigenvalue weighted by Crippen LogP contribution is -2.20. The van der Waals surface area contributed by atoms with E-state index in [1.807, 2.05) is 45.9 Å². The minimum atomic E-state index is -0.471. The Morgan fingerprint density at radius 1 is 1.26 bits per heavy atom. The maximum absolute atomic E-state index is 12.6. The molecule has 2 aromatic heterocycles. The van der Waals surface area contributed by atoms with Gasteiger partial charge in [0.2, 0.25) is 0 Å². The van der Waals surface area contributed by atoms with Crippen molar-refractivity contribution in [2.24, 2.45) is 5.41 Å². The Morgan fingerprint density at radius 3 is 2.65 bits per heavy atom. The molecule has 2 heterocycles. The summed E-state index contributed by atoms with van der Waals surface area (Å²) in [4.78, 5) is 24.6. The molecule has 5 nitrogen and oxygen atoms in total. The maximum atomic E-state index is 12.6. The number of benzene rings is 1. The summed E-state index contributed by atoms with van der Waals surface area (Å²) in [7, 11) is 0. The lowest BCUT2D eigenvalue weighted by atomic mass is 9.87. The molecular formula is C18H20N4O. The van der Waals surface area contributed by atoms with Crippen LogP contribution in [0.4, 0.5) is 5.69 Å². The average Bonchev–Trinajstić information content (AvgIpc) is 2.91. The van der Waals surface area contributed by atoms with E-state index in [1.54, 1.807) is 12.4 Å². The number of aromatic amines is 1. The van der Waals surface area contributed by atoms with Gasteiger partial charge in [-0.2, -0.15) is 0 Å². The molecule has 0 fully saturated rings. The number of carbonyl (C=O) groups excluding carboxylic acids is 1. The number of hydrogen-bond acceptors (Lipinski definition) is 4. The van der Waals surface area contributed by atoms with E-state index in [-0.39, 0.29) is 5.78 Å². The van der Waals surface area contributed by atoms with E-state index in [0.717, 1.165) is 11.1 Å². The van der Waals surface area contributed by atoms with Crippen LogP contribution >= 0.6 is 0 Å². The fourth-order valence-electron chi connectivity index (χ4n) is 2.41. The number of anilines is 1. The van der Waals surface area contributed by atoms with Crippen molar-refractivity contribution in [3.05, 3.63) is 41.7 Å². The van der Waals surface area contributed by atoms with E-state index in [4.69, 9.17) is 5.73 Å². The SMILES string of the molecule is Cc1ccc(-c2cnc3[nH]cc(C(=O)C(C)(C)C)c3n2)cc1N. The number of carbonyl (C=O) groups is 1. The second-order valence-electron chi connectivity index (χ2n) is 6.81. The van der Waals surface area contributed by atoms with E-state index in [2.05, 4.69) is 15.0 Å². The van der Waals surface area contributed by atoms with Gasteiger partial charge in [-0.15, -0.1) is 0 Å². The number of fused-ring (bicyclic) bond motifs is 1. The van der Waals surface area contributed by atoms with Crippen LogP contribution in [0.2, 0.25) is 0 Å². The highest BCUT2D eigenvalue weighted by molar-refractivity contribution is 6.08. The van der Waals surface area contributed by atoms with Gasteiger partial charge in [0.1, 0.15) is 5.52 Å². The average molecular weight is 308 g/mol. The van der Waals surface area contributed by atoms with Crippen molar-refractivity contribution in [1.29, 1.82) is 0 Å². The van der Waals surface area contributed by atoms with Gasteiger partial charge in [-0.3, -0.25) is 4.79 Å². The second kappa shape index (κ2) is 5.19. The van der Waals surface area contributed by atoms with Gasteiger partial charge in [0, 0.05) is 22.9 Å². The summed E-state index contributed by atoms with van der Waals surface area (Å²) in [5.41, 5.74) is 10.6. The monoisotopic (exact) mass is 308 g/mol. The highest BCUT2D eigenvalue weighted by Crippen LogP contribution is 2.27. The number of nitrogens with one attached hydrogen (secondary N) is 1. The maximum Gasteiger partial charge on any atom is 0.171 e. The number of rotatable bonds is 2. The van der Waals surface area contributed by atoms with Gasteiger partial charge in [-0.1, -0.05) is 32.9 Å². The molecule has 0 bridgehead atoms. The van der Waals surface area contributed by atoms with Crippen LogP contribution in [-0.2, 0) is 0 Å². The molecule has 0 saturated carbocycles. The fraction of sp³-hybridized carbons (Fsp3) is 0.278. The van der Waals surface area contributed by atoms with E-state index in [9.17, 15) is 4.79 Å². The molecular weight excluding hydrogens is 288 g/mol. The van der Waals surface area contributed by atoms with Gasteiger partial charge in [-0.25, -0.2) is 9.97 Å². The Labute approximate surface area is 135 Å². The highest BCUT2D eigenvalue weighted by Gasteiger charge is 2.26. The minimum Gasteiger partial charge on any atom is -0.398 e. The molecule has 0 spiro atoms. The quantitative estimate of drug-likeness (QED) is 0.558. The zero-order valence-electron chi connectivity index (χ0n) is 13.8. The minimum absolute atomic E-state index is 0.0404. The van der Waals surface area contributed by atoms with Crippen molar-refractivity contribution >= 4 is 22.6 Å². The number of nitrogens with two attached hydrogens (primary N) is 1. The third kappa shape index (κ3) is 2.70. The molecule has 3 aromatic rings. The molecule has 0 atom stereocenters. The third-order valence-corrected chi connectivity index (χ3v) is 3.88. The molecule has 3 N–H and O–H groups in total. The first kappa shape index (κ1) is 15.2. The van der Waals surface area contributed by atoms with Crippen LogP contribution in [-0.4, -0.2) is 20.7 Å². The zero-order chi connectivity index (χ0) is 16.8. The Morgan fingerprint density at radius 2 is 2.00 bits per heavy atom. The molecule has 0 radical (unpaired) electrons. The Bertz CT molecular complexity index is 903. The first-order valence-electron chi connectivity index (χ1n) is 7.53. The smallest absolute Gasteiger partial charge is 0.171 e. The van der Waals surface area contributed by atoms with Crippen molar-refractivity contribution in [2.45, 2.75) is 27.7 Å². The first-order valence-corrected chi connectivity index (χ1v) is 7.53. The number of nitrogen functional groups attached to an aromatic ring is 1. The Balaban J connectivity index is 2.14. The summed E-state index contributed by atoms with van der Waals surface area (Å²) >= 11 is 0. The number of hydrogen-bond donors (Lipinski definition) is 2. The zero-order valence-corrected chi connectivity index (χ0v) is 13.8. The first-order chi connectivity index (χ1) is 10.8. The summed E-state index contributed by atoms with van der Waals surface area (Å²) in [6, 6.07) is 5.79. The van der Waals surface area contributed by atoms with Gasteiger partial charge in [0.25, 0.3) is 0 Å². The topological polar surface area (TPSA) is 84.7 Å². The molecule has 5 heteroatoms. The van der Waals surface area contributed by atoms with Crippen LogP contribution in [0.3, 0.4) is 0 Å². The van der Waals surface area contributed by atoms with Gasteiger partial charge < -0.3 is 10.7 Å². The molecule has 3 rings (SSSR count). The summed E-state index contributed by atoms with van der Waals surface area (Å²) < 4.78 is 0. The molecule has 0 amide bonds. The number of ketones is 1. The van der Waals surface area contributed by atoms with Crippen LogP contribution in [0.5, 0.6) is 0 Å². The molecule has 0 aliphatic carbocycles. The number of Topliss-reactive ketones (excluding diaryl/α,β-unsaturated/α-hetero) is 1. The number of aryl methyl sites for hydroxylation is 1. The predicted molar refractivity (Wildman–Crippen MR) is 92.3 cm³/mol. The van der Waals surface area contributed by atoms with Crippen LogP contribution in [0.25, 0.3) is 22.4 Å². The van der Waals surface area contributed by atoms with E-state index in [1.165, 1.54) is 0 Å². The van der Waals surface area contributed by atoms with Gasteiger partial charge in [0.05, 0.1) is 17.5 Å². The normalized spacial score (nSPS) is 11.8. The Hall–Kier alpha value is -2.69. The van der Waals surface area contributed by atoms with E-state index in [0.29, 0.717) is 28.1 Å². The number of nitrogens with zero attached hydrogens (tertiary/aromatic N) is 2. The Kier molecular flexibility index (Phi) is 3.43. The lowest BCUT2D eigenvalue weighted by Gasteiger charge is -2.15. The summed E-state index contributed by atoms with van der Waals surface area (Å²) in [5.74, 6) is 0.0404. The standard InChI is InChI=1S/C18H20N4O/c1-10-5-6-11(7-13(10)19)14-9-21-17-15(22-14)12(8-20-17)16(23)18(2,3)4/h5-9H,19H2,1-4H3,(H,20,21). The summed E-state index contributed by atoms with van der Waals surface area (Å²) in [6.07, 6.45) is 3.37. The van der Waals surface area contributed by atoms with Crippen LogP contribution < -0.4 is 5.73 Å². The van der Waals surface area contributed by atoms with Gasteiger partial charge in [0.15, 0.2) is 11.4 Å². The molecule has 0 unspecified atom stereocenters. The largest absolute Gasteiger partial charge is 0.398 e. The van der Waals surface area contributed by atoms with Crippen LogP contribution in [0.1, 0.15) is 36.7 Å². The molecule has 0 aliphatic heterocycles. The van der Waals surface area contributed by atoms with E-state index >= 15 is 0 Å². The third-order valence-electron chi connectivity index (χ3n) is 3.88. The summed E-state index contributed by atoms with van der Waals surface area (Å²) in [6.45, 7) is 7.64. The number of aromatic nitrogens is 3. The number of H-pyrrole nitrogens is 1. The lowest BCUT2D eigenvalue weighted by molar-refractivity contribution is 0.0860. The van der Waals surface area contributed by atoms with E-state index < -0.39 is 5.41 Å². The van der Waals surface area contributed by atoms with Crippen molar-refractivity contribution < 1.29 is 4.79 Å². The second-order valence-corrected chi connectivity index (χ2v) is 6.81. The van der Waals surface area contributed by atoms with Crippen molar-refractivity contribution in [2.75, 3.05) is 5.73 Å². The van der Waals surface area contributed by atoms with Crippen LogP contribution in [0, 0.1) is 12.3 Å².